The summed E-state index contributed by atoms with van der Waals surface area (Å²) in [5, 5.41) is 7.06. The van der Waals surface area contributed by atoms with Gasteiger partial charge < -0.3 is 19.8 Å². The van der Waals surface area contributed by atoms with Crippen LogP contribution in [0.15, 0.2) is 73.4 Å². The monoisotopic (exact) mass is 438 g/mol. The summed E-state index contributed by atoms with van der Waals surface area (Å²) >= 11 is 0. The van der Waals surface area contributed by atoms with Crippen molar-refractivity contribution in [1.29, 1.82) is 0 Å². The Kier molecular flexibility index (Phi) is 5.32. The summed E-state index contributed by atoms with van der Waals surface area (Å²) < 4.78 is 8.01. The maximum atomic E-state index is 11.8. The molecule has 0 aliphatic rings. The Morgan fingerprint density at radius 3 is 2.73 bits per heavy atom. The predicted molar refractivity (Wildman–Crippen MR) is 128 cm³/mol. The first-order valence-corrected chi connectivity index (χ1v) is 10.6. The molecular formula is C25H22N6O2. The van der Waals surface area contributed by atoms with Crippen molar-refractivity contribution in [2.75, 3.05) is 10.6 Å². The van der Waals surface area contributed by atoms with Gasteiger partial charge in [-0.25, -0.2) is 15.0 Å². The van der Waals surface area contributed by atoms with Gasteiger partial charge in [0, 0.05) is 47.8 Å². The third kappa shape index (κ3) is 4.31. The largest absolute Gasteiger partial charge is 0.457 e. The summed E-state index contributed by atoms with van der Waals surface area (Å²) in [6.45, 7) is 3.81. The Morgan fingerprint density at radius 2 is 1.88 bits per heavy atom. The minimum absolute atomic E-state index is 0.0428. The van der Waals surface area contributed by atoms with Gasteiger partial charge in [0.05, 0.1) is 5.52 Å². The van der Waals surface area contributed by atoms with Crippen molar-refractivity contribution in [3.05, 3.63) is 79.0 Å². The molecule has 0 radical (unpaired) electrons. The third-order valence-corrected chi connectivity index (χ3v) is 5.28. The SMILES string of the molecule is CCC(=O)Nc1ccc2ncnc(Nc3ccc(Oc4ccn5ccnc5c4)c(C)c3)c2c1. The van der Waals surface area contributed by atoms with Gasteiger partial charge in [-0.2, -0.15) is 0 Å². The summed E-state index contributed by atoms with van der Waals surface area (Å²) in [5.41, 5.74) is 4.16. The van der Waals surface area contributed by atoms with Crippen LogP contribution in [0.2, 0.25) is 0 Å². The Morgan fingerprint density at radius 1 is 1.00 bits per heavy atom. The highest BCUT2D eigenvalue weighted by Crippen LogP contribution is 2.30. The number of fused-ring (bicyclic) bond motifs is 2. The topological polar surface area (TPSA) is 93.4 Å². The molecule has 0 bridgehead atoms. The summed E-state index contributed by atoms with van der Waals surface area (Å²) in [6.07, 6.45) is 7.49. The number of rotatable bonds is 6. The van der Waals surface area contributed by atoms with Gasteiger partial charge in [-0.15, -0.1) is 0 Å². The van der Waals surface area contributed by atoms with E-state index in [1.807, 2.05) is 79.2 Å². The molecule has 5 aromatic rings. The van der Waals surface area contributed by atoms with E-state index >= 15 is 0 Å². The van der Waals surface area contributed by atoms with E-state index in [1.165, 1.54) is 6.33 Å². The number of nitrogens with zero attached hydrogens (tertiary/aromatic N) is 4. The molecule has 0 saturated carbocycles. The molecule has 0 spiro atoms. The van der Waals surface area contributed by atoms with Crippen LogP contribution in [-0.2, 0) is 4.79 Å². The number of amides is 1. The molecule has 0 atom stereocenters. The Labute approximate surface area is 190 Å². The molecule has 3 heterocycles. The number of carbonyl (C=O) groups is 1. The minimum Gasteiger partial charge on any atom is -0.457 e. The molecule has 8 nitrogen and oxygen atoms in total. The van der Waals surface area contributed by atoms with Crippen LogP contribution in [0.5, 0.6) is 11.5 Å². The molecule has 8 heteroatoms. The van der Waals surface area contributed by atoms with E-state index in [4.69, 9.17) is 4.74 Å². The van der Waals surface area contributed by atoms with Gasteiger partial charge in [-0.1, -0.05) is 6.92 Å². The molecule has 0 fully saturated rings. The first-order chi connectivity index (χ1) is 16.1. The van der Waals surface area contributed by atoms with Crippen molar-refractivity contribution in [3.8, 4) is 11.5 Å². The zero-order chi connectivity index (χ0) is 22.8. The van der Waals surface area contributed by atoms with E-state index in [0.717, 1.165) is 39.3 Å². The zero-order valence-electron chi connectivity index (χ0n) is 18.2. The summed E-state index contributed by atoms with van der Waals surface area (Å²) in [6, 6.07) is 15.2. The van der Waals surface area contributed by atoms with Crippen LogP contribution in [0.3, 0.4) is 0 Å². The number of aromatic nitrogens is 4. The molecule has 33 heavy (non-hydrogen) atoms. The van der Waals surface area contributed by atoms with Crippen LogP contribution in [0.1, 0.15) is 18.9 Å². The average Bonchev–Trinajstić information content (AvgIpc) is 3.29. The lowest BCUT2D eigenvalue weighted by atomic mass is 10.1. The van der Waals surface area contributed by atoms with Gasteiger partial charge in [0.1, 0.15) is 29.3 Å². The second-order valence-corrected chi connectivity index (χ2v) is 7.62. The Balaban J connectivity index is 1.39. The van der Waals surface area contributed by atoms with Crippen molar-refractivity contribution in [1.82, 2.24) is 19.4 Å². The standard InChI is InChI=1S/C25H22N6O2/c1-3-24(32)29-18-4-6-21-20(13-18)25(28-15-27-21)30-17-5-7-22(16(2)12-17)33-19-8-10-31-11-9-26-23(31)14-19/h4-15H,3H2,1-2H3,(H,29,32)(H,27,28,30). The van der Waals surface area contributed by atoms with Gasteiger partial charge in [-0.3, -0.25) is 4.79 Å². The first-order valence-electron chi connectivity index (χ1n) is 10.6. The lowest BCUT2D eigenvalue weighted by Gasteiger charge is -2.13. The van der Waals surface area contributed by atoms with Crippen LogP contribution in [-0.4, -0.2) is 25.3 Å². The van der Waals surface area contributed by atoms with Crippen LogP contribution < -0.4 is 15.4 Å². The molecule has 2 N–H and O–H groups in total. The number of anilines is 3. The lowest BCUT2D eigenvalue weighted by Crippen LogP contribution is -2.09. The van der Waals surface area contributed by atoms with E-state index in [9.17, 15) is 4.79 Å². The molecule has 0 aliphatic carbocycles. The average molecular weight is 438 g/mol. The zero-order valence-corrected chi connectivity index (χ0v) is 18.2. The first kappa shape index (κ1) is 20.4. The molecule has 0 unspecified atom stereocenters. The number of nitrogens with one attached hydrogen (secondary N) is 2. The highest BCUT2D eigenvalue weighted by molar-refractivity contribution is 5.97. The Hall–Kier alpha value is -4.46. The van der Waals surface area contributed by atoms with Crippen LogP contribution in [0, 0.1) is 6.92 Å². The van der Waals surface area contributed by atoms with Crippen molar-refractivity contribution in [3.63, 3.8) is 0 Å². The quantitative estimate of drug-likeness (QED) is 0.365. The van der Waals surface area contributed by atoms with E-state index in [-0.39, 0.29) is 5.91 Å². The van der Waals surface area contributed by atoms with Gasteiger partial charge in [-0.05, 0) is 55.0 Å². The maximum Gasteiger partial charge on any atom is 0.224 e. The van der Waals surface area contributed by atoms with Crippen molar-refractivity contribution >= 4 is 39.6 Å². The van der Waals surface area contributed by atoms with Gasteiger partial charge in [0.2, 0.25) is 5.91 Å². The van der Waals surface area contributed by atoms with E-state index in [0.29, 0.717) is 17.9 Å². The fourth-order valence-electron chi connectivity index (χ4n) is 3.54. The van der Waals surface area contributed by atoms with Crippen LogP contribution in [0.25, 0.3) is 16.6 Å². The summed E-state index contributed by atoms with van der Waals surface area (Å²) in [4.78, 5) is 24.8. The number of pyridine rings is 1. The Bertz CT molecular complexity index is 1480. The van der Waals surface area contributed by atoms with Crippen LogP contribution >= 0.6 is 0 Å². The number of aryl methyl sites for hydroxylation is 1. The number of ether oxygens (including phenoxy) is 1. The van der Waals surface area contributed by atoms with E-state index in [2.05, 4.69) is 25.6 Å². The fraction of sp³-hybridized carbons (Fsp3) is 0.120. The fourth-order valence-corrected chi connectivity index (χ4v) is 3.54. The van der Waals surface area contributed by atoms with Gasteiger partial charge in [0.15, 0.2) is 0 Å². The molecule has 164 valence electrons. The molecule has 0 aliphatic heterocycles. The minimum atomic E-state index is -0.0428. The molecule has 1 amide bonds. The number of hydrogen-bond donors (Lipinski definition) is 2. The van der Waals surface area contributed by atoms with Gasteiger partial charge in [0.25, 0.3) is 0 Å². The second kappa shape index (κ2) is 8.58. The molecule has 0 saturated heterocycles. The third-order valence-electron chi connectivity index (χ3n) is 5.28. The summed E-state index contributed by atoms with van der Waals surface area (Å²) in [5.74, 6) is 2.10. The smallest absolute Gasteiger partial charge is 0.224 e. The van der Waals surface area contributed by atoms with E-state index < -0.39 is 0 Å². The highest BCUT2D eigenvalue weighted by atomic mass is 16.5. The normalized spacial score (nSPS) is 11.0. The van der Waals surface area contributed by atoms with E-state index in [1.54, 1.807) is 6.20 Å². The lowest BCUT2D eigenvalue weighted by molar-refractivity contribution is -0.115. The highest BCUT2D eigenvalue weighted by Gasteiger charge is 2.09. The number of imidazole rings is 1. The summed E-state index contributed by atoms with van der Waals surface area (Å²) in [7, 11) is 0. The maximum absolute atomic E-state index is 11.8. The van der Waals surface area contributed by atoms with Crippen molar-refractivity contribution in [2.45, 2.75) is 20.3 Å². The molecule has 2 aromatic carbocycles. The number of hydrogen-bond acceptors (Lipinski definition) is 6. The molecule has 5 rings (SSSR count). The van der Waals surface area contributed by atoms with Crippen molar-refractivity contribution in [2.24, 2.45) is 0 Å². The van der Waals surface area contributed by atoms with Crippen LogP contribution in [0.4, 0.5) is 17.2 Å². The molecule has 3 aromatic heterocycles. The predicted octanol–water partition coefficient (Wildman–Crippen LogP) is 5.47. The number of carbonyl (C=O) groups excluding carboxylic acids is 1. The second-order valence-electron chi connectivity index (χ2n) is 7.62. The molecular weight excluding hydrogens is 416 g/mol. The van der Waals surface area contributed by atoms with Gasteiger partial charge >= 0.3 is 0 Å². The van der Waals surface area contributed by atoms with Crippen molar-refractivity contribution < 1.29 is 9.53 Å². The number of benzene rings is 2.